The Hall–Kier alpha value is -1.34. The smallest absolute Gasteiger partial charge is 0.220 e. The van der Waals surface area contributed by atoms with E-state index >= 15 is 0 Å². The molecule has 23 heavy (non-hydrogen) atoms. The summed E-state index contributed by atoms with van der Waals surface area (Å²) in [5.74, 6) is 0.718. The number of hydrogen-bond donors (Lipinski definition) is 1. The van der Waals surface area contributed by atoms with Crippen molar-refractivity contribution in [1.29, 1.82) is 0 Å². The fraction of sp³-hybridized carbons (Fsp3) is 0.562. The molecule has 2 rings (SSSR count). The summed E-state index contributed by atoms with van der Waals surface area (Å²) in [4.78, 5) is 13.5. The lowest BCUT2D eigenvalue weighted by molar-refractivity contribution is 0.508. The van der Waals surface area contributed by atoms with Gasteiger partial charge in [-0.15, -0.1) is 11.3 Å². The highest BCUT2D eigenvalue weighted by molar-refractivity contribution is 7.84. The van der Waals surface area contributed by atoms with Gasteiger partial charge in [0.25, 0.3) is 0 Å². The molecular weight excluding hydrogens is 328 g/mol. The van der Waals surface area contributed by atoms with E-state index in [4.69, 9.17) is 0 Å². The van der Waals surface area contributed by atoms with Gasteiger partial charge in [-0.1, -0.05) is 13.3 Å². The first kappa shape index (κ1) is 18.0. The summed E-state index contributed by atoms with van der Waals surface area (Å²) in [5.41, 5.74) is 2.57. The maximum Gasteiger partial charge on any atom is 0.220 e. The van der Waals surface area contributed by atoms with Crippen LogP contribution in [-0.4, -0.2) is 31.0 Å². The van der Waals surface area contributed by atoms with Gasteiger partial charge in [-0.2, -0.15) is 0 Å². The van der Waals surface area contributed by atoms with E-state index in [0.717, 1.165) is 40.6 Å². The monoisotopic (exact) mass is 352 g/mol. The Labute approximate surface area is 144 Å². The van der Waals surface area contributed by atoms with Gasteiger partial charge in [0.05, 0.1) is 22.1 Å². The number of hydrogen-bond acceptors (Lipinski definition) is 6. The zero-order chi connectivity index (χ0) is 17.2. The molecule has 0 fully saturated rings. The van der Waals surface area contributed by atoms with Crippen molar-refractivity contribution >= 4 is 28.0 Å². The average molecular weight is 353 g/mol. The minimum Gasteiger partial charge on any atom is -0.364 e. The molecule has 126 valence electrons. The molecule has 0 saturated carbocycles. The second-order valence-corrected chi connectivity index (χ2v) is 8.45. The van der Waals surface area contributed by atoms with Gasteiger partial charge in [0.15, 0.2) is 0 Å². The standard InChI is InChI=1S/C16H24N4OS2/c1-7-8-16(4,5)20-13-12(14-17-10(2)9-22-14)11(3)18-15(19-13)23(6)21/h9H,7-8H2,1-6H3,(H,18,19,20). The molecule has 0 aliphatic carbocycles. The largest absolute Gasteiger partial charge is 0.364 e. The lowest BCUT2D eigenvalue weighted by atomic mass is 9.98. The molecule has 0 aliphatic heterocycles. The van der Waals surface area contributed by atoms with Crippen LogP contribution in [0.1, 0.15) is 45.0 Å². The van der Waals surface area contributed by atoms with Crippen molar-refractivity contribution in [1.82, 2.24) is 15.0 Å². The maximum atomic E-state index is 11.8. The van der Waals surface area contributed by atoms with Gasteiger partial charge in [0.1, 0.15) is 10.8 Å². The zero-order valence-electron chi connectivity index (χ0n) is 14.6. The van der Waals surface area contributed by atoms with Crippen LogP contribution >= 0.6 is 11.3 Å². The van der Waals surface area contributed by atoms with E-state index in [-0.39, 0.29) is 5.54 Å². The minimum atomic E-state index is -1.22. The number of nitrogens with zero attached hydrogens (tertiary/aromatic N) is 3. The Balaban J connectivity index is 2.58. The van der Waals surface area contributed by atoms with Gasteiger partial charge in [-0.3, -0.25) is 4.21 Å². The summed E-state index contributed by atoms with van der Waals surface area (Å²) in [5, 5.41) is 6.78. The Morgan fingerprint density at radius 1 is 1.26 bits per heavy atom. The molecule has 5 nitrogen and oxygen atoms in total. The van der Waals surface area contributed by atoms with Gasteiger partial charge >= 0.3 is 0 Å². The molecule has 0 amide bonds. The molecule has 1 N–H and O–H groups in total. The van der Waals surface area contributed by atoms with Crippen LogP contribution in [0.4, 0.5) is 5.82 Å². The topological polar surface area (TPSA) is 67.8 Å². The second-order valence-electron chi connectivity index (χ2n) is 6.32. The summed E-state index contributed by atoms with van der Waals surface area (Å²) in [6, 6.07) is 0. The lowest BCUT2D eigenvalue weighted by Crippen LogP contribution is -2.31. The highest BCUT2D eigenvalue weighted by Crippen LogP contribution is 2.34. The van der Waals surface area contributed by atoms with Crippen molar-refractivity contribution in [3.05, 3.63) is 16.8 Å². The number of aromatic nitrogens is 3. The zero-order valence-corrected chi connectivity index (χ0v) is 16.2. The quantitative estimate of drug-likeness (QED) is 0.797. The number of thiazole rings is 1. The fourth-order valence-corrected chi connectivity index (χ4v) is 3.88. The SMILES string of the molecule is CCCC(C)(C)Nc1nc(S(C)=O)nc(C)c1-c1nc(C)cs1. The van der Waals surface area contributed by atoms with Crippen LogP contribution in [-0.2, 0) is 10.8 Å². The molecule has 0 aromatic carbocycles. The Bertz CT molecular complexity index is 725. The lowest BCUT2D eigenvalue weighted by Gasteiger charge is -2.28. The van der Waals surface area contributed by atoms with Crippen molar-refractivity contribution in [2.45, 2.75) is 58.2 Å². The summed E-state index contributed by atoms with van der Waals surface area (Å²) < 4.78 is 11.8. The van der Waals surface area contributed by atoms with Crippen molar-refractivity contribution in [3.63, 3.8) is 0 Å². The van der Waals surface area contributed by atoms with Crippen LogP contribution < -0.4 is 5.32 Å². The molecule has 0 saturated heterocycles. The number of aryl methyl sites for hydroxylation is 2. The van der Waals surface area contributed by atoms with Gasteiger partial charge in [-0.25, -0.2) is 15.0 Å². The summed E-state index contributed by atoms with van der Waals surface area (Å²) in [6.07, 6.45) is 3.68. The van der Waals surface area contributed by atoms with E-state index in [0.29, 0.717) is 5.16 Å². The van der Waals surface area contributed by atoms with Gasteiger partial charge in [0, 0.05) is 22.9 Å². The third kappa shape index (κ3) is 4.35. The molecule has 0 aliphatic rings. The summed E-state index contributed by atoms with van der Waals surface area (Å²) in [6.45, 7) is 10.3. The molecule has 2 heterocycles. The fourth-order valence-electron chi connectivity index (χ4n) is 2.50. The minimum absolute atomic E-state index is 0.108. The highest BCUT2D eigenvalue weighted by Gasteiger charge is 2.23. The molecule has 0 radical (unpaired) electrons. The Morgan fingerprint density at radius 2 is 1.96 bits per heavy atom. The third-order valence-corrected chi connectivity index (χ3v) is 5.17. The molecule has 1 unspecified atom stereocenters. The van der Waals surface area contributed by atoms with Crippen LogP contribution in [0, 0.1) is 13.8 Å². The van der Waals surface area contributed by atoms with E-state index in [9.17, 15) is 4.21 Å². The predicted molar refractivity (Wildman–Crippen MR) is 97.6 cm³/mol. The third-order valence-electron chi connectivity index (χ3n) is 3.49. The van der Waals surface area contributed by atoms with E-state index in [2.05, 4.69) is 41.0 Å². The first-order valence-corrected chi connectivity index (χ1v) is 10.1. The Kier molecular flexibility index (Phi) is 5.52. The van der Waals surface area contributed by atoms with Crippen LogP contribution in [0.25, 0.3) is 10.6 Å². The second kappa shape index (κ2) is 7.05. The summed E-state index contributed by atoms with van der Waals surface area (Å²) in [7, 11) is -1.22. The van der Waals surface area contributed by atoms with Gasteiger partial charge in [-0.05, 0) is 34.1 Å². The van der Waals surface area contributed by atoms with Crippen molar-refractivity contribution in [2.24, 2.45) is 0 Å². The summed E-state index contributed by atoms with van der Waals surface area (Å²) >= 11 is 1.58. The molecule has 0 bridgehead atoms. The van der Waals surface area contributed by atoms with Crippen LogP contribution in [0.15, 0.2) is 10.5 Å². The first-order valence-electron chi connectivity index (χ1n) is 7.66. The highest BCUT2D eigenvalue weighted by atomic mass is 32.2. The van der Waals surface area contributed by atoms with Crippen LogP contribution in [0.5, 0.6) is 0 Å². The average Bonchev–Trinajstić information content (AvgIpc) is 2.83. The van der Waals surface area contributed by atoms with Crippen molar-refractivity contribution in [2.75, 3.05) is 11.6 Å². The van der Waals surface area contributed by atoms with E-state index in [1.165, 1.54) is 0 Å². The van der Waals surface area contributed by atoms with Gasteiger partial charge in [0.2, 0.25) is 5.16 Å². The maximum absolute atomic E-state index is 11.8. The van der Waals surface area contributed by atoms with E-state index in [1.807, 2.05) is 19.2 Å². The van der Waals surface area contributed by atoms with E-state index < -0.39 is 10.8 Å². The number of anilines is 1. The van der Waals surface area contributed by atoms with Gasteiger partial charge < -0.3 is 5.32 Å². The normalized spacial score (nSPS) is 13.1. The molecular formula is C16H24N4OS2. The van der Waals surface area contributed by atoms with Crippen molar-refractivity contribution < 1.29 is 4.21 Å². The Morgan fingerprint density at radius 3 is 2.48 bits per heavy atom. The van der Waals surface area contributed by atoms with Crippen LogP contribution in [0.3, 0.4) is 0 Å². The van der Waals surface area contributed by atoms with Crippen LogP contribution in [0.2, 0.25) is 0 Å². The molecule has 2 aromatic heterocycles. The first-order chi connectivity index (χ1) is 10.7. The molecule has 1 atom stereocenters. The molecule has 0 spiro atoms. The molecule has 2 aromatic rings. The number of nitrogens with one attached hydrogen (secondary N) is 1. The van der Waals surface area contributed by atoms with Crippen molar-refractivity contribution in [3.8, 4) is 10.6 Å². The molecule has 7 heteroatoms. The predicted octanol–water partition coefficient (Wildman–Crippen LogP) is 3.94. The number of rotatable bonds is 6. The van der Waals surface area contributed by atoms with E-state index in [1.54, 1.807) is 17.6 Å².